The summed E-state index contributed by atoms with van der Waals surface area (Å²) < 4.78 is 38.3. The van der Waals surface area contributed by atoms with E-state index in [1.54, 1.807) is 14.0 Å². The largest absolute Gasteiger partial charge is 0.461 e. The number of fused-ring (bicyclic) bond motifs is 1. The summed E-state index contributed by atoms with van der Waals surface area (Å²) in [5, 5.41) is 3.57. The lowest BCUT2D eigenvalue weighted by atomic mass is 10.3. The molecule has 3 aromatic rings. The highest BCUT2D eigenvalue weighted by Gasteiger charge is 2.25. The number of hydrogen-bond acceptors (Lipinski definition) is 8. The van der Waals surface area contributed by atoms with Crippen LogP contribution in [-0.2, 0) is 21.8 Å². The average molecular weight is 400 g/mol. The van der Waals surface area contributed by atoms with Crippen LogP contribution in [0.4, 0.5) is 5.95 Å². The van der Waals surface area contributed by atoms with E-state index in [0.717, 1.165) is 6.20 Å². The predicted molar refractivity (Wildman–Crippen MR) is 91.5 cm³/mol. The van der Waals surface area contributed by atoms with Gasteiger partial charge in [0.1, 0.15) is 16.1 Å². The second-order valence-electron chi connectivity index (χ2n) is 5.22. The van der Waals surface area contributed by atoms with Crippen LogP contribution in [0.3, 0.4) is 0 Å². The number of pyridine rings is 1. The van der Waals surface area contributed by atoms with Crippen LogP contribution in [-0.4, -0.2) is 40.7 Å². The predicted octanol–water partition coefficient (Wildman–Crippen LogP) is 1.90. The average Bonchev–Trinajstić information content (AvgIpc) is 3.08. The van der Waals surface area contributed by atoms with E-state index in [4.69, 9.17) is 20.9 Å². The Morgan fingerprint density at radius 1 is 1.46 bits per heavy atom. The summed E-state index contributed by atoms with van der Waals surface area (Å²) in [6.45, 7) is 3.38. The number of ether oxygens (including phenoxy) is 1. The van der Waals surface area contributed by atoms with Gasteiger partial charge >= 0.3 is 5.97 Å². The van der Waals surface area contributed by atoms with E-state index in [-0.39, 0.29) is 39.6 Å². The zero-order valence-corrected chi connectivity index (χ0v) is 15.6. The first-order valence-electron chi connectivity index (χ1n) is 7.38. The summed E-state index contributed by atoms with van der Waals surface area (Å²) in [5.41, 5.74) is 0.726. The maximum atomic E-state index is 12.5. The van der Waals surface area contributed by atoms with Gasteiger partial charge in [-0.15, -0.1) is 0 Å². The van der Waals surface area contributed by atoms with E-state index in [2.05, 4.69) is 19.8 Å². The van der Waals surface area contributed by atoms with Crippen molar-refractivity contribution in [3.8, 4) is 0 Å². The normalized spacial score (nSPS) is 11.7. The number of esters is 1. The van der Waals surface area contributed by atoms with Gasteiger partial charge < -0.3 is 13.8 Å². The molecular weight excluding hydrogens is 386 g/mol. The van der Waals surface area contributed by atoms with Gasteiger partial charge in [0.2, 0.25) is 5.89 Å². The monoisotopic (exact) mass is 399 g/mol. The van der Waals surface area contributed by atoms with Gasteiger partial charge in [-0.3, -0.25) is 4.98 Å². The van der Waals surface area contributed by atoms with Gasteiger partial charge in [-0.25, -0.2) is 17.9 Å². The van der Waals surface area contributed by atoms with Gasteiger partial charge in [-0.1, -0.05) is 11.6 Å². The molecule has 0 radical (unpaired) electrons. The number of halogens is 1. The molecule has 3 aromatic heterocycles. The molecule has 138 valence electrons. The van der Waals surface area contributed by atoms with Crippen molar-refractivity contribution in [1.29, 1.82) is 0 Å². The van der Waals surface area contributed by atoms with Crippen molar-refractivity contribution in [1.82, 2.24) is 19.7 Å². The molecule has 0 saturated heterocycles. The second kappa shape index (κ2) is 6.57. The lowest BCUT2D eigenvalue weighted by Crippen LogP contribution is -2.14. The molecule has 3 rings (SSSR count). The van der Waals surface area contributed by atoms with E-state index >= 15 is 0 Å². The molecule has 0 atom stereocenters. The van der Waals surface area contributed by atoms with Crippen molar-refractivity contribution < 1.29 is 22.5 Å². The van der Waals surface area contributed by atoms with E-state index in [9.17, 15) is 13.2 Å². The fourth-order valence-corrected chi connectivity index (χ4v) is 3.58. The zero-order valence-electron chi connectivity index (χ0n) is 14.0. The molecule has 12 heteroatoms. The van der Waals surface area contributed by atoms with Gasteiger partial charge in [0.05, 0.1) is 17.1 Å². The molecule has 0 aliphatic rings. The molecule has 0 unspecified atom stereocenters. The lowest BCUT2D eigenvalue weighted by molar-refractivity contribution is 0.0516. The quantitative estimate of drug-likeness (QED) is 0.644. The van der Waals surface area contributed by atoms with Crippen molar-refractivity contribution in [3.63, 3.8) is 0 Å². The third-order valence-corrected chi connectivity index (χ3v) is 5.14. The van der Waals surface area contributed by atoms with Crippen LogP contribution in [0.1, 0.15) is 23.3 Å². The van der Waals surface area contributed by atoms with Crippen LogP contribution < -0.4 is 4.72 Å². The molecular formula is C14H14ClN5O5S. The second-order valence-corrected chi connectivity index (χ2v) is 7.28. The van der Waals surface area contributed by atoms with Gasteiger partial charge in [0.25, 0.3) is 16.0 Å². The number of carbonyl (C=O) groups is 1. The van der Waals surface area contributed by atoms with Gasteiger partial charge in [0.15, 0.2) is 0 Å². The molecule has 0 amide bonds. The molecule has 10 nitrogen and oxygen atoms in total. The number of aryl methyl sites for hydroxylation is 2. The number of aromatic nitrogens is 4. The van der Waals surface area contributed by atoms with Gasteiger partial charge in [-0.05, 0) is 18.1 Å². The Morgan fingerprint density at radius 3 is 2.81 bits per heavy atom. The van der Waals surface area contributed by atoms with Crippen LogP contribution in [0.15, 0.2) is 21.7 Å². The number of carbonyl (C=O) groups excluding carboxylic acids is 1. The Hall–Kier alpha value is -2.66. The zero-order chi connectivity index (χ0) is 19.1. The number of nitrogens with zero attached hydrogens (tertiary/aromatic N) is 4. The van der Waals surface area contributed by atoms with Crippen LogP contribution in [0.2, 0.25) is 5.02 Å². The fourth-order valence-electron chi connectivity index (χ4n) is 2.33. The first kappa shape index (κ1) is 18.1. The van der Waals surface area contributed by atoms with Crippen LogP contribution in [0.25, 0.3) is 11.0 Å². The van der Waals surface area contributed by atoms with E-state index in [1.165, 1.54) is 17.6 Å². The Balaban J connectivity index is 2.06. The van der Waals surface area contributed by atoms with Crippen molar-refractivity contribution in [2.24, 2.45) is 7.05 Å². The third kappa shape index (κ3) is 3.10. The van der Waals surface area contributed by atoms with Gasteiger partial charge in [-0.2, -0.15) is 4.98 Å². The lowest BCUT2D eigenvalue weighted by Gasteiger charge is -2.05. The van der Waals surface area contributed by atoms with Crippen LogP contribution in [0, 0.1) is 6.92 Å². The Kier molecular flexibility index (Phi) is 4.59. The van der Waals surface area contributed by atoms with Crippen molar-refractivity contribution in [3.05, 3.63) is 28.9 Å². The third-order valence-electron chi connectivity index (χ3n) is 3.49. The molecule has 1 N–H and O–H groups in total. The SMILES string of the molecule is CCOC(=O)c1c(Cl)c2ncc(S(=O)(=O)Nc3noc(C)n3)cc2n1C. The van der Waals surface area contributed by atoms with E-state index in [0.29, 0.717) is 5.52 Å². The maximum Gasteiger partial charge on any atom is 0.356 e. The molecule has 0 bridgehead atoms. The van der Waals surface area contributed by atoms with E-state index in [1.807, 2.05) is 0 Å². The molecule has 0 spiro atoms. The van der Waals surface area contributed by atoms with Crippen molar-refractivity contribution >= 4 is 44.6 Å². The molecule has 0 aliphatic carbocycles. The standard InChI is InChI=1S/C14H14ClN5O5S/c1-4-24-13(21)12-10(15)11-9(20(12)3)5-8(6-16-11)26(22,23)19-14-17-7(2)25-18-14/h5-6H,4H2,1-3H3,(H,18,19). The summed E-state index contributed by atoms with van der Waals surface area (Å²) in [7, 11) is -2.45. The highest BCUT2D eigenvalue weighted by atomic mass is 35.5. The van der Waals surface area contributed by atoms with Crippen LogP contribution >= 0.6 is 11.6 Å². The number of hydrogen-bond donors (Lipinski definition) is 1. The number of nitrogens with one attached hydrogen (secondary N) is 1. The minimum absolute atomic E-state index is 0.0895. The smallest absolute Gasteiger partial charge is 0.356 e. The minimum atomic E-state index is -4.01. The minimum Gasteiger partial charge on any atom is -0.461 e. The fraction of sp³-hybridized carbons (Fsp3) is 0.286. The summed E-state index contributed by atoms with van der Waals surface area (Å²) in [6.07, 6.45) is 1.12. The van der Waals surface area contributed by atoms with E-state index < -0.39 is 16.0 Å². The van der Waals surface area contributed by atoms with Crippen molar-refractivity contribution in [2.75, 3.05) is 11.3 Å². The summed E-state index contributed by atoms with van der Waals surface area (Å²) in [6, 6.07) is 1.34. The highest BCUT2D eigenvalue weighted by molar-refractivity contribution is 7.92. The van der Waals surface area contributed by atoms with Crippen molar-refractivity contribution in [2.45, 2.75) is 18.7 Å². The molecule has 0 aliphatic heterocycles. The number of rotatable bonds is 5. The maximum absolute atomic E-state index is 12.5. The molecule has 0 saturated carbocycles. The Bertz CT molecular complexity index is 1100. The molecule has 0 aromatic carbocycles. The summed E-state index contributed by atoms with van der Waals surface area (Å²) in [5.74, 6) is -0.605. The first-order chi connectivity index (χ1) is 12.2. The Labute approximate surface area is 153 Å². The number of anilines is 1. The summed E-state index contributed by atoms with van der Waals surface area (Å²) >= 11 is 6.21. The molecule has 3 heterocycles. The number of sulfonamides is 1. The molecule has 0 fully saturated rings. The first-order valence-corrected chi connectivity index (χ1v) is 9.25. The highest BCUT2D eigenvalue weighted by Crippen LogP contribution is 2.30. The van der Waals surface area contributed by atoms with Gasteiger partial charge in [0, 0.05) is 20.2 Å². The topological polar surface area (TPSA) is 129 Å². The van der Waals surface area contributed by atoms with Crippen LogP contribution in [0.5, 0.6) is 0 Å². The summed E-state index contributed by atoms with van der Waals surface area (Å²) in [4.78, 5) is 19.8. The Morgan fingerprint density at radius 2 is 2.19 bits per heavy atom. The molecule has 26 heavy (non-hydrogen) atoms.